The molecule has 7 heteroatoms. The number of hydrogen-bond acceptors (Lipinski definition) is 5. The van der Waals surface area contributed by atoms with Gasteiger partial charge in [0.2, 0.25) is 5.91 Å². The summed E-state index contributed by atoms with van der Waals surface area (Å²) in [6.07, 6.45) is 0. The average molecular weight is 508 g/mol. The van der Waals surface area contributed by atoms with Gasteiger partial charge in [-0.05, 0) is 35.4 Å². The molecule has 6 nitrogen and oxygen atoms in total. The van der Waals surface area contributed by atoms with Gasteiger partial charge in [0.15, 0.2) is 5.16 Å². The van der Waals surface area contributed by atoms with Gasteiger partial charge in [-0.3, -0.25) is 14.2 Å². The van der Waals surface area contributed by atoms with Gasteiger partial charge in [-0.1, -0.05) is 90.6 Å². The first-order valence-corrected chi connectivity index (χ1v) is 12.7. The molecule has 1 atom stereocenters. The minimum Gasteiger partial charge on any atom is -0.497 e. The van der Waals surface area contributed by atoms with Crippen molar-refractivity contribution in [1.29, 1.82) is 0 Å². The summed E-state index contributed by atoms with van der Waals surface area (Å²) < 4.78 is 6.95. The molecule has 5 rings (SSSR count). The Kier molecular flexibility index (Phi) is 7.33. The number of nitrogens with one attached hydrogen (secondary N) is 1. The summed E-state index contributed by atoms with van der Waals surface area (Å²) >= 11 is 1.26. The third-order valence-corrected chi connectivity index (χ3v) is 7.16. The predicted molar refractivity (Wildman–Crippen MR) is 148 cm³/mol. The van der Waals surface area contributed by atoms with Gasteiger partial charge in [0.1, 0.15) is 11.0 Å². The largest absolute Gasteiger partial charge is 0.497 e. The summed E-state index contributed by atoms with van der Waals surface area (Å²) in [5.74, 6) is 0.424. The summed E-state index contributed by atoms with van der Waals surface area (Å²) in [5.41, 5.74) is 2.86. The maximum absolute atomic E-state index is 13.6. The van der Waals surface area contributed by atoms with Crippen molar-refractivity contribution in [3.63, 3.8) is 0 Å². The van der Waals surface area contributed by atoms with Crippen LogP contribution in [0.15, 0.2) is 119 Å². The van der Waals surface area contributed by atoms with Crippen molar-refractivity contribution < 1.29 is 9.53 Å². The highest BCUT2D eigenvalue weighted by atomic mass is 32.2. The van der Waals surface area contributed by atoms with Gasteiger partial charge in [-0.15, -0.1) is 0 Å². The number of carbonyl (C=O) groups excluding carboxylic acids is 1. The summed E-state index contributed by atoms with van der Waals surface area (Å²) in [6.45, 7) is 0.346. The first kappa shape index (κ1) is 24.3. The maximum atomic E-state index is 13.6. The molecule has 1 N–H and O–H groups in total. The van der Waals surface area contributed by atoms with Crippen molar-refractivity contribution in [3.05, 3.63) is 131 Å². The van der Waals surface area contributed by atoms with Crippen LogP contribution in [0.5, 0.6) is 5.75 Å². The Hall–Kier alpha value is -4.36. The van der Waals surface area contributed by atoms with Crippen LogP contribution >= 0.6 is 11.8 Å². The number of rotatable bonds is 8. The molecule has 5 aromatic rings. The second kappa shape index (κ2) is 11.1. The van der Waals surface area contributed by atoms with E-state index in [0.717, 1.165) is 11.1 Å². The zero-order valence-corrected chi connectivity index (χ0v) is 21.0. The van der Waals surface area contributed by atoms with Crippen molar-refractivity contribution in [3.8, 4) is 5.75 Å². The third kappa shape index (κ3) is 5.57. The van der Waals surface area contributed by atoms with Gasteiger partial charge in [-0.2, -0.15) is 0 Å². The lowest BCUT2D eigenvalue weighted by Crippen LogP contribution is -2.26. The van der Waals surface area contributed by atoms with Crippen LogP contribution in [0, 0.1) is 0 Å². The number of hydrogen-bond donors (Lipinski definition) is 1. The number of amides is 1. The molecule has 0 saturated carbocycles. The van der Waals surface area contributed by atoms with E-state index in [9.17, 15) is 9.59 Å². The van der Waals surface area contributed by atoms with Crippen LogP contribution in [0.4, 0.5) is 5.69 Å². The molecular weight excluding hydrogens is 482 g/mol. The molecule has 0 radical (unpaired) electrons. The number of aromatic nitrogens is 2. The molecule has 1 heterocycles. The maximum Gasteiger partial charge on any atom is 0.262 e. The molecule has 0 bridgehead atoms. The highest BCUT2D eigenvalue weighted by molar-refractivity contribution is 8.00. The van der Waals surface area contributed by atoms with E-state index in [1.165, 1.54) is 11.8 Å². The number of para-hydroxylation sites is 1. The Morgan fingerprint density at radius 1 is 0.919 bits per heavy atom. The fourth-order valence-corrected chi connectivity index (χ4v) is 5.15. The lowest BCUT2D eigenvalue weighted by atomic mass is 10.1. The van der Waals surface area contributed by atoms with Crippen LogP contribution in [0.1, 0.15) is 16.4 Å². The molecule has 0 aliphatic carbocycles. The van der Waals surface area contributed by atoms with Crippen LogP contribution < -0.4 is 15.6 Å². The molecular formula is C30H25N3O3S. The van der Waals surface area contributed by atoms with Gasteiger partial charge < -0.3 is 10.1 Å². The van der Waals surface area contributed by atoms with Crippen LogP contribution in [-0.4, -0.2) is 22.6 Å². The van der Waals surface area contributed by atoms with Gasteiger partial charge in [0.25, 0.3) is 5.56 Å². The van der Waals surface area contributed by atoms with E-state index >= 15 is 0 Å². The van der Waals surface area contributed by atoms with E-state index in [2.05, 4.69) is 5.32 Å². The van der Waals surface area contributed by atoms with Crippen LogP contribution in [0.3, 0.4) is 0 Å². The molecule has 37 heavy (non-hydrogen) atoms. The summed E-state index contributed by atoms with van der Waals surface area (Å²) in [5, 5.41) is 3.37. The number of carbonyl (C=O) groups is 1. The van der Waals surface area contributed by atoms with Crippen molar-refractivity contribution in [2.24, 2.45) is 0 Å². The molecule has 1 aromatic heterocycles. The summed E-state index contributed by atoms with van der Waals surface area (Å²) in [4.78, 5) is 32.1. The second-order valence-electron chi connectivity index (χ2n) is 8.42. The van der Waals surface area contributed by atoms with Gasteiger partial charge in [-0.25, -0.2) is 4.98 Å². The lowest BCUT2D eigenvalue weighted by molar-refractivity contribution is -0.115. The standard InChI is InChI=1S/C30H25N3O3S/c1-36-24-16-10-15-23(19-24)31-28(34)27(22-13-6-3-7-14-22)37-30-32-26-18-9-8-17-25(26)29(35)33(30)20-21-11-4-2-5-12-21/h2-19,27H,20H2,1H3,(H,31,34). The first-order chi connectivity index (χ1) is 18.1. The second-order valence-corrected chi connectivity index (χ2v) is 9.49. The zero-order chi connectivity index (χ0) is 25.6. The molecule has 0 spiro atoms. The number of benzene rings is 4. The van der Waals surface area contributed by atoms with Crippen LogP contribution in [0.2, 0.25) is 0 Å². The summed E-state index contributed by atoms with van der Waals surface area (Å²) in [6, 6.07) is 33.8. The Morgan fingerprint density at radius 2 is 1.62 bits per heavy atom. The van der Waals surface area contributed by atoms with E-state index in [0.29, 0.717) is 34.0 Å². The van der Waals surface area contributed by atoms with E-state index in [-0.39, 0.29) is 11.5 Å². The van der Waals surface area contributed by atoms with E-state index < -0.39 is 5.25 Å². The normalized spacial score (nSPS) is 11.7. The molecule has 1 amide bonds. The van der Waals surface area contributed by atoms with Crippen molar-refractivity contribution in [1.82, 2.24) is 9.55 Å². The number of fused-ring (bicyclic) bond motifs is 1. The van der Waals surface area contributed by atoms with E-state index in [1.807, 2.05) is 97.1 Å². The molecule has 0 fully saturated rings. The Labute approximate surface area is 219 Å². The molecule has 0 saturated heterocycles. The van der Waals surface area contributed by atoms with Crippen molar-refractivity contribution >= 4 is 34.3 Å². The number of ether oxygens (including phenoxy) is 1. The Bertz CT molecular complexity index is 1590. The smallest absolute Gasteiger partial charge is 0.262 e. The Morgan fingerprint density at radius 3 is 2.38 bits per heavy atom. The number of nitrogens with zero attached hydrogens (tertiary/aromatic N) is 2. The van der Waals surface area contributed by atoms with Crippen LogP contribution in [0.25, 0.3) is 10.9 Å². The molecule has 4 aromatic carbocycles. The molecule has 1 unspecified atom stereocenters. The predicted octanol–water partition coefficient (Wildman–Crippen LogP) is 5.93. The fourth-order valence-electron chi connectivity index (χ4n) is 4.06. The van der Waals surface area contributed by atoms with Gasteiger partial charge in [0.05, 0.1) is 24.6 Å². The van der Waals surface area contributed by atoms with Gasteiger partial charge >= 0.3 is 0 Å². The minimum atomic E-state index is -0.650. The molecule has 184 valence electrons. The Balaban J connectivity index is 1.57. The number of methoxy groups -OCH3 is 1. The first-order valence-electron chi connectivity index (χ1n) is 11.8. The summed E-state index contributed by atoms with van der Waals surface area (Å²) in [7, 11) is 1.58. The SMILES string of the molecule is COc1cccc(NC(=O)C(Sc2nc3ccccc3c(=O)n2Cc2ccccc2)c2ccccc2)c1. The highest BCUT2D eigenvalue weighted by Gasteiger charge is 2.25. The quantitative estimate of drug-likeness (QED) is 0.208. The fraction of sp³-hybridized carbons (Fsp3) is 0.100. The van der Waals surface area contributed by atoms with E-state index in [4.69, 9.17) is 9.72 Å². The highest BCUT2D eigenvalue weighted by Crippen LogP contribution is 2.36. The number of anilines is 1. The lowest BCUT2D eigenvalue weighted by Gasteiger charge is -2.20. The average Bonchev–Trinajstić information content (AvgIpc) is 2.94. The third-order valence-electron chi connectivity index (χ3n) is 5.91. The van der Waals surface area contributed by atoms with E-state index in [1.54, 1.807) is 23.8 Å². The van der Waals surface area contributed by atoms with Crippen LogP contribution in [-0.2, 0) is 11.3 Å². The van der Waals surface area contributed by atoms with Crippen molar-refractivity contribution in [2.75, 3.05) is 12.4 Å². The minimum absolute atomic E-state index is 0.142. The molecule has 0 aliphatic heterocycles. The van der Waals surface area contributed by atoms with Crippen molar-refractivity contribution in [2.45, 2.75) is 17.0 Å². The molecule has 0 aliphatic rings. The zero-order valence-electron chi connectivity index (χ0n) is 20.2. The monoisotopic (exact) mass is 507 g/mol. The van der Waals surface area contributed by atoms with Gasteiger partial charge in [0, 0.05) is 11.8 Å². The number of thioether (sulfide) groups is 1. The topological polar surface area (TPSA) is 73.2 Å².